The minimum absolute atomic E-state index is 0.0239. The fraction of sp³-hybridized carbons (Fsp3) is 0.250. The maximum atomic E-state index is 12.4. The molecule has 1 unspecified atom stereocenters. The predicted molar refractivity (Wildman–Crippen MR) is 83.6 cm³/mol. The van der Waals surface area contributed by atoms with E-state index in [1.54, 1.807) is 6.26 Å². The molecular formula is C16H18N4O2. The van der Waals surface area contributed by atoms with Crippen LogP contribution in [-0.2, 0) is 0 Å². The van der Waals surface area contributed by atoms with Gasteiger partial charge in [-0.25, -0.2) is 0 Å². The molecule has 0 aliphatic heterocycles. The van der Waals surface area contributed by atoms with Crippen LogP contribution in [0.5, 0.6) is 0 Å². The van der Waals surface area contributed by atoms with Crippen LogP contribution in [-0.4, -0.2) is 41.6 Å². The van der Waals surface area contributed by atoms with Gasteiger partial charge in [-0.05, 0) is 32.3 Å². The standard InChI is InChI=1S/C16H18N4O2/c1-20(2)13(14-8-5-9-22-14)10-17-16(21)15-11-6-3-4-7-12(11)18-19-15/h3-9,13H,10H2,1-2H3,(H,17,21)(H,18,19). The second-order valence-corrected chi connectivity index (χ2v) is 5.32. The third kappa shape index (κ3) is 2.73. The van der Waals surface area contributed by atoms with Crippen LogP contribution in [0.1, 0.15) is 22.3 Å². The minimum Gasteiger partial charge on any atom is -0.468 e. The van der Waals surface area contributed by atoms with Crippen LogP contribution in [0.15, 0.2) is 47.1 Å². The number of amides is 1. The van der Waals surface area contributed by atoms with Crippen LogP contribution >= 0.6 is 0 Å². The molecule has 2 heterocycles. The first-order chi connectivity index (χ1) is 10.7. The Labute approximate surface area is 128 Å². The molecule has 0 radical (unpaired) electrons. The Bertz CT molecular complexity index is 761. The van der Waals surface area contributed by atoms with Crippen molar-refractivity contribution in [3.05, 3.63) is 54.1 Å². The van der Waals surface area contributed by atoms with Gasteiger partial charge in [0.2, 0.25) is 0 Å². The number of aromatic amines is 1. The lowest BCUT2D eigenvalue weighted by molar-refractivity contribution is 0.0935. The molecule has 0 aliphatic rings. The zero-order valence-electron chi connectivity index (χ0n) is 12.5. The number of aromatic nitrogens is 2. The largest absolute Gasteiger partial charge is 0.468 e. The SMILES string of the molecule is CN(C)C(CNC(=O)c1n[nH]c2ccccc12)c1ccco1. The van der Waals surface area contributed by atoms with Crippen molar-refractivity contribution in [2.75, 3.05) is 20.6 Å². The van der Waals surface area contributed by atoms with Gasteiger partial charge in [0.1, 0.15) is 5.76 Å². The molecule has 0 saturated heterocycles. The summed E-state index contributed by atoms with van der Waals surface area (Å²) in [5, 5.41) is 10.7. The van der Waals surface area contributed by atoms with Crippen LogP contribution in [0, 0.1) is 0 Å². The van der Waals surface area contributed by atoms with Crippen molar-refractivity contribution in [3.8, 4) is 0 Å². The lowest BCUT2D eigenvalue weighted by atomic mass is 10.2. The van der Waals surface area contributed by atoms with Crippen molar-refractivity contribution in [1.82, 2.24) is 20.4 Å². The molecule has 3 aromatic rings. The molecule has 0 aliphatic carbocycles. The fourth-order valence-electron chi connectivity index (χ4n) is 2.43. The van der Waals surface area contributed by atoms with E-state index in [1.807, 2.05) is 55.4 Å². The number of furan rings is 1. The second-order valence-electron chi connectivity index (χ2n) is 5.32. The van der Waals surface area contributed by atoms with E-state index < -0.39 is 0 Å². The molecule has 1 amide bonds. The number of nitrogens with one attached hydrogen (secondary N) is 2. The lowest BCUT2D eigenvalue weighted by Crippen LogP contribution is -2.34. The maximum Gasteiger partial charge on any atom is 0.272 e. The number of likely N-dealkylation sites (N-methyl/N-ethyl adjacent to an activating group) is 1. The minimum atomic E-state index is -0.198. The van der Waals surface area contributed by atoms with Gasteiger partial charge in [0.05, 0.1) is 17.8 Å². The highest BCUT2D eigenvalue weighted by molar-refractivity contribution is 6.04. The Morgan fingerprint density at radius 1 is 1.32 bits per heavy atom. The number of para-hydroxylation sites is 1. The van der Waals surface area contributed by atoms with Gasteiger partial charge in [-0.15, -0.1) is 0 Å². The summed E-state index contributed by atoms with van der Waals surface area (Å²) in [6, 6.07) is 11.3. The van der Waals surface area contributed by atoms with E-state index in [0.29, 0.717) is 12.2 Å². The molecule has 114 valence electrons. The lowest BCUT2D eigenvalue weighted by Gasteiger charge is -2.22. The quantitative estimate of drug-likeness (QED) is 0.757. The molecule has 6 heteroatoms. The summed E-state index contributed by atoms with van der Waals surface area (Å²) in [5.41, 5.74) is 1.26. The maximum absolute atomic E-state index is 12.4. The van der Waals surface area contributed by atoms with Crippen LogP contribution < -0.4 is 5.32 Å². The number of carbonyl (C=O) groups is 1. The van der Waals surface area contributed by atoms with Crippen molar-refractivity contribution in [1.29, 1.82) is 0 Å². The number of fused-ring (bicyclic) bond motifs is 1. The topological polar surface area (TPSA) is 74.2 Å². The van der Waals surface area contributed by atoms with Crippen LogP contribution in [0.4, 0.5) is 0 Å². The molecule has 0 spiro atoms. The van der Waals surface area contributed by atoms with E-state index in [1.165, 1.54) is 0 Å². The first kappa shape index (κ1) is 14.3. The number of hydrogen-bond donors (Lipinski definition) is 2. The average molecular weight is 298 g/mol. The summed E-state index contributed by atoms with van der Waals surface area (Å²) in [5.74, 6) is 0.619. The molecule has 22 heavy (non-hydrogen) atoms. The van der Waals surface area contributed by atoms with Crippen LogP contribution in [0.25, 0.3) is 10.9 Å². The van der Waals surface area contributed by atoms with Crippen molar-refractivity contribution in [2.24, 2.45) is 0 Å². The zero-order chi connectivity index (χ0) is 15.5. The molecule has 0 saturated carbocycles. The number of H-pyrrole nitrogens is 1. The van der Waals surface area contributed by atoms with E-state index in [4.69, 9.17) is 4.42 Å². The van der Waals surface area contributed by atoms with Crippen molar-refractivity contribution >= 4 is 16.8 Å². The Morgan fingerprint density at radius 3 is 2.86 bits per heavy atom. The average Bonchev–Trinajstić information content (AvgIpc) is 3.16. The summed E-state index contributed by atoms with van der Waals surface area (Å²) in [6.07, 6.45) is 1.63. The highest BCUT2D eigenvalue weighted by atomic mass is 16.3. The normalized spacial score (nSPS) is 12.7. The molecule has 2 N–H and O–H groups in total. The van der Waals surface area contributed by atoms with E-state index >= 15 is 0 Å². The molecular weight excluding hydrogens is 280 g/mol. The van der Waals surface area contributed by atoms with E-state index in [2.05, 4.69) is 15.5 Å². The van der Waals surface area contributed by atoms with Crippen LogP contribution in [0.2, 0.25) is 0 Å². The van der Waals surface area contributed by atoms with Gasteiger partial charge in [-0.2, -0.15) is 5.10 Å². The molecule has 1 aromatic carbocycles. The van der Waals surface area contributed by atoms with Crippen molar-refractivity contribution in [2.45, 2.75) is 6.04 Å². The molecule has 1 atom stereocenters. The van der Waals surface area contributed by atoms with E-state index in [-0.39, 0.29) is 11.9 Å². The second kappa shape index (κ2) is 6.03. The number of rotatable bonds is 5. The molecule has 6 nitrogen and oxygen atoms in total. The third-order valence-corrected chi connectivity index (χ3v) is 3.64. The Hall–Kier alpha value is -2.60. The highest BCUT2D eigenvalue weighted by Gasteiger charge is 2.20. The molecule has 0 fully saturated rings. The van der Waals surface area contributed by atoms with Gasteiger partial charge in [0, 0.05) is 11.9 Å². The van der Waals surface area contributed by atoms with E-state index in [0.717, 1.165) is 16.7 Å². The molecule has 0 bridgehead atoms. The molecule has 3 rings (SSSR count). The van der Waals surface area contributed by atoms with Gasteiger partial charge >= 0.3 is 0 Å². The van der Waals surface area contributed by atoms with Crippen molar-refractivity contribution < 1.29 is 9.21 Å². The zero-order valence-corrected chi connectivity index (χ0v) is 12.5. The van der Waals surface area contributed by atoms with Gasteiger partial charge in [0.25, 0.3) is 5.91 Å². The van der Waals surface area contributed by atoms with Crippen molar-refractivity contribution in [3.63, 3.8) is 0 Å². The monoisotopic (exact) mass is 298 g/mol. The summed E-state index contributed by atoms with van der Waals surface area (Å²) < 4.78 is 5.44. The number of benzene rings is 1. The number of nitrogens with zero attached hydrogens (tertiary/aromatic N) is 2. The first-order valence-electron chi connectivity index (χ1n) is 7.08. The summed E-state index contributed by atoms with van der Waals surface area (Å²) in [7, 11) is 3.90. The molecule has 2 aromatic heterocycles. The highest BCUT2D eigenvalue weighted by Crippen LogP contribution is 2.18. The van der Waals surface area contributed by atoms with Gasteiger partial charge in [0.15, 0.2) is 5.69 Å². The Morgan fingerprint density at radius 2 is 2.14 bits per heavy atom. The number of carbonyl (C=O) groups excluding carboxylic acids is 1. The summed E-state index contributed by atoms with van der Waals surface area (Å²) in [6.45, 7) is 0.445. The number of hydrogen-bond acceptors (Lipinski definition) is 4. The summed E-state index contributed by atoms with van der Waals surface area (Å²) in [4.78, 5) is 14.4. The van der Waals surface area contributed by atoms with Gasteiger partial charge in [-0.3, -0.25) is 14.8 Å². The Balaban J connectivity index is 1.74. The van der Waals surface area contributed by atoms with Crippen LogP contribution in [0.3, 0.4) is 0 Å². The van der Waals surface area contributed by atoms with Gasteiger partial charge < -0.3 is 9.73 Å². The smallest absolute Gasteiger partial charge is 0.272 e. The fourth-order valence-corrected chi connectivity index (χ4v) is 2.43. The van der Waals surface area contributed by atoms with E-state index in [9.17, 15) is 4.79 Å². The predicted octanol–water partition coefficient (Wildman–Crippen LogP) is 2.19. The summed E-state index contributed by atoms with van der Waals surface area (Å²) >= 11 is 0. The third-order valence-electron chi connectivity index (χ3n) is 3.64. The Kier molecular flexibility index (Phi) is 3.93. The first-order valence-corrected chi connectivity index (χ1v) is 7.08. The van der Waals surface area contributed by atoms with Gasteiger partial charge in [-0.1, -0.05) is 18.2 Å².